The lowest BCUT2D eigenvalue weighted by molar-refractivity contribution is -0.992. The Labute approximate surface area is 160 Å². The van der Waals surface area contributed by atoms with E-state index in [0.717, 1.165) is 11.1 Å². The monoisotopic (exact) mass is 378 g/mol. The molecule has 4 rings (SSSR count). The van der Waals surface area contributed by atoms with Gasteiger partial charge in [0.2, 0.25) is 5.88 Å². The van der Waals surface area contributed by atoms with E-state index in [4.69, 9.17) is 9.57 Å². The molecule has 0 aliphatic heterocycles. The first kappa shape index (κ1) is 17.9. The highest BCUT2D eigenvalue weighted by Crippen LogP contribution is 2.35. The molecule has 0 fully saturated rings. The van der Waals surface area contributed by atoms with Gasteiger partial charge in [0, 0.05) is 23.9 Å². The number of ether oxygens (including phenoxy) is 1. The van der Waals surface area contributed by atoms with Crippen LogP contribution < -0.4 is 9.96 Å². The third-order valence-corrected chi connectivity index (χ3v) is 4.43. The molecule has 2 aromatic heterocycles. The predicted octanol–water partition coefficient (Wildman–Crippen LogP) is 2.58. The van der Waals surface area contributed by atoms with Gasteiger partial charge in [0.05, 0.1) is 30.8 Å². The molecule has 8 nitrogen and oxygen atoms in total. The number of methoxy groups -OCH3 is 1. The minimum absolute atomic E-state index is 0.0823. The van der Waals surface area contributed by atoms with Crippen molar-refractivity contribution in [2.45, 2.75) is 0 Å². The summed E-state index contributed by atoms with van der Waals surface area (Å²) >= 11 is 0. The van der Waals surface area contributed by atoms with Gasteiger partial charge in [-0.3, -0.25) is 0 Å². The highest BCUT2D eigenvalue weighted by molar-refractivity contribution is 5.84. The normalized spacial score (nSPS) is 12.2. The third-order valence-electron chi connectivity index (χ3n) is 4.43. The number of aromatic amines is 1. The number of hydrogen-bond donors (Lipinski definition) is 3. The SMILES string of the molecule is COc1ncccc1-c1ccc(O)c(-c2nc3ccc([NH+]([O-])OC)cc3[nH]2)c1. The van der Waals surface area contributed by atoms with E-state index in [9.17, 15) is 10.3 Å². The average Bonchev–Trinajstić information content (AvgIpc) is 3.16. The lowest BCUT2D eigenvalue weighted by atomic mass is 10.0. The van der Waals surface area contributed by atoms with Gasteiger partial charge in [0.25, 0.3) is 0 Å². The van der Waals surface area contributed by atoms with Crippen molar-refractivity contribution in [3.63, 3.8) is 0 Å². The van der Waals surface area contributed by atoms with E-state index in [1.165, 1.54) is 7.11 Å². The van der Waals surface area contributed by atoms with Crippen molar-refractivity contribution >= 4 is 16.7 Å². The molecule has 0 saturated heterocycles. The van der Waals surface area contributed by atoms with Crippen LogP contribution in [0.1, 0.15) is 0 Å². The molecule has 2 aromatic carbocycles. The number of pyridine rings is 1. The van der Waals surface area contributed by atoms with Gasteiger partial charge in [0.15, 0.2) is 5.69 Å². The van der Waals surface area contributed by atoms with Gasteiger partial charge in [-0.15, -0.1) is 0 Å². The summed E-state index contributed by atoms with van der Waals surface area (Å²) in [5, 5.41) is 21.7. The Hall–Kier alpha value is -3.46. The molecule has 0 radical (unpaired) electrons. The van der Waals surface area contributed by atoms with Gasteiger partial charge in [-0.25, -0.2) is 14.8 Å². The number of aromatic hydroxyl groups is 1. The lowest BCUT2D eigenvalue weighted by Gasteiger charge is -2.15. The van der Waals surface area contributed by atoms with Crippen LogP contribution >= 0.6 is 0 Å². The zero-order chi connectivity index (χ0) is 19.7. The summed E-state index contributed by atoms with van der Waals surface area (Å²) in [4.78, 5) is 16.7. The van der Waals surface area contributed by atoms with Crippen molar-refractivity contribution in [3.05, 3.63) is 59.9 Å². The summed E-state index contributed by atoms with van der Waals surface area (Å²) in [5.41, 5.74) is 3.92. The molecule has 0 aliphatic carbocycles. The molecule has 0 bridgehead atoms. The number of fused-ring (bicyclic) bond motifs is 1. The molecule has 3 N–H and O–H groups in total. The third kappa shape index (κ3) is 3.16. The number of imidazole rings is 1. The van der Waals surface area contributed by atoms with Gasteiger partial charge < -0.3 is 20.0 Å². The number of nitrogens with one attached hydrogen (secondary N) is 2. The van der Waals surface area contributed by atoms with Crippen LogP contribution in [0.3, 0.4) is 0 Å². The smallest absolute Gasteiger partial charge is 0.221 e. The maximum absolute atomic E-state index is 11.7. The summed E-state index contributed by atoms with van der Waals surface area (Å²) in [6.45, 7) is 0. The highest BCUT2D eigenvalue weighted by atomic mass is 16.9. The minimum Gasteiger partial charge on any atom is -0.595 e. The Bertz CT molecular complexity index is 1140. The molecule has 2 heterocycles. The first-order valence-corrected chi connectivity index (χ1v) is 8.51. The molecule has 28 heavy (non-hydrogen) atoms. The molecule has 142 valence electrons. The van der Waals surface area contributed by atoms with Gasteiger partial charge >= 0.3 is 0 Å². The zero-order valence-electron chi connectivity index (χ0n) is 15.3. The topological polar surface area (TPSA) is 108 Å². The van der Waals surface area contributed by atoms with Crippen LogP contribution in [0.25, 0.3) is 33.5 Å². The fraction of sp³-hybridized carbons (Fsp3) is 0.100. The van der Waals surface area contributed by atoms with Crippen LogP contribution in [0.5, 0.6) is 11.6 Å². The Morgan fingerprint density at radius 2 is 1.93 bits per heavy atom. The summed E-state index contributed by atoms with van der Waals surface area (Å²) < 4.78 is 5.33. The molecule has 1 atom stereocenters. The van der Waals surface area contributed by atoms with E-state index in [2.05, 4.69) is 15.0 Å². The van der Waals surface area contributed by atoms with Crippen LogP contribution in [0.2, 0.25) is 0 Å². The fourth-order valence-electron chi connectivity index (χ4n) is 3.05. The second kappa shape index (κ2) is 7.28. The Balaban J connectivity index is 1.80. The van der Waals surface area contributed by atoms with Crippen LogP contribution in [-0.2, 0) is 4.84 Å². The summed E-state index contributed by atoms with van der Waals surface area (Å²) in [7, 11) is 2.90. The van der Waals surface area contributed by atoms with Gasteiger partial charge in [-0.05, 0) is 35.9 Å². The van der Waals surface area contributed by atoms with Crippen LogP contribution in [-0.4, -0.2) is 34.3 Å². The standard InChI is InChI=1S/C20H18N4O4/c1-27-20-14(4-3-9-21-20)12-5-8-18(25)15(10-12)19-22-16-7-6-13(24(26)28-2)11-17(16)23-19/h3-11,24-25H,1-2H3,(H,22,23). The molecule has 0 saturated carbocycles. The Kier molecular flexibility index (Phi) is 4.66. The van der Waals surface area contributed by atoms with E-state index in [1.54, 1.807) is 43.6 Å². The minimum atomic E-state index is -0.424. The maximum atomic E-state index is 11.7. The molecule has 8 heteroatoms. The Morgan fingerprint density at radius 1 is 1.07 bits per heavy atom. The molecule has 0 amide bonds. The molecular weight excluding hydrogens is 360 g/mol. The number of rotatable bonds is 5. The molecule has 0 spiro atoms. The lowest BCUT2D eigenvalue weighted by Crippen LogP contribution is -3.00. The van der Waals surface area contributed by atoms with Crippen LogP contribution in [0, 0.1) is 5.21 Å². The van der Waals surface area contributed by atoms with E-state index < -0.39 is 5.23 Å². The number of hydrogen-bond acceptors (Lipinski definition) is 6. The van der Waals surface area contributed by atoms with Crippen molar-refractivity contribution < 1.29 is 19.9 Å². The van der Waals surface area contributed by atoms with Crippen molar-refractivity contribution in [1.29, 1.82) is 0 Å². The zero-order valence-corrected chi connectivity index (χ0v) is 15.3. The number of nitrogens with zero attached hydrogens (tertiary/aromatic N) is 2. The van der Waals surface area contributed by atoms with E-state index in [1.807, 2.05) is 18.2 Å². The largest absolute Gasteiger partial charge is 0.595 e. The second-order valence-corrected chi connectivity index (χ2v) is 6.10. The van der Waals surface area contributed by atoms with Gasteiger partial charge in [-0.1, -0.05) is 6.07 Å². The fourth-order valence-corrected chi connectivity index (χ4v) is 3.05. The van der Waals surface area contributed by atoms with Crippen molar-refractivity contribution in [2.24, 2.45) is 0 Å². The number of quaternary nitrogens is 1. The number of phenolic OH excluding ortho intramolecular Hbond substituents is 1. The quantitative estimate of drug-likeness (QED) is 0.461. The van der Waals surface area contributed by atoms with Crippen molar-refractivity contribution in [1.82, 2.24) is 15.0 Å². The molecule has 0 aliphatic rings. The highest BCUT2D eigenvalue weighted by Gasteiger charge is 2.15. The van der Waals surface area contributed by atoms with Crippen molar-refractivity contribution in [2.75, 3.05) is 14.2 Å². The van der Waals surface area contributed by atoms with Crippen LogP contribution in [0.15, 0.2) is 54.7 Å². The van der Waals surface area contributed by atoms with Crippen molar-refractivity contribution in [3.8, 4) is 34.1 Å². The predicted molar refractivity (Wildman–Crippen MR) is 104 cm³/mol. The van der Waals surface area contributed by atoms with E-state index in [-0.39, 0.29) is 5.75 Å². The maximum Gasteiger partial charge on any atom is 0.221 e. The number of aromatic nitrogens is 3. The van der Waals surface area contributed by atoms with E-state index >= 15 is 0 Å². The van der Waals surface area contributed by atoms with Crippen LogP contribution in [0.4, 0.5) is 5.69 Å². The Morgan fingerprint density at radius 3 is 2.71 bits per heavy atom. The van der Waals surface area contributed by atoms with E-state index in [0.29, 0.717) is 34.0 Å². The average molecular weight is 378 g/mol. The van der Waals surface area contributed by atoms with Gasteiger partial charge in [-0.2, -0.15) is 5.23 Å². The molecular formula is C20H18N4O4. The summed E-state index contributed by atoms with van der Waals surface area (Å²) in [6, 6.07) is 14.0. The molecule has 1 unspecified atom stereocenters. The van der Waals surface area contributed by atoms with Gasteiger partial charge in [0.1, 0.15) is 11.6 Å². The second-order valence-electron chi connectivity index (χ2n) is 6.10. The first-order valence-electron chi connectivity index (χ1n) is 8.51. The summed E-state index contributed by atoms with van der Waals surface area (Å²) in [5.74, 6) is 1.06. The first-order chi connectivity index (χ1) is 13.6. The number of phenols is 1. The molecule has 4 aromatic rings. The summed E-state index contributed by atoms with van der Waals surface area (Å²) in [6.07, 6.45) is 1.65. The number of H-pyrrole nitrogens is 1. The number of benzene rings is 2.